The lowest BCUT2D eigenvalue weighted by atomic mass is 9.97. The van der Waals surface area contributed by atoms with Crippen molar-refractivity contribution in [2.24, 2.45) is 0 Å². The summed E-state index contributed by atoms with van der Waals surface area (Å²) < 4.78 is 18.2. The first-order valence-corrected chi connectivity index (χ1v) is 17.2. The number of carbonyl (C=O) groups excluding carboxylic acids is 1. The van der Waals surface area contributed by atoms with Crippen molar-refractivity contribution in [1.82, 2.24) is 4.90 Å². The van der Waals surface area contributed by atoms with Crippen LogP contribution in [0.3, 0.4) is 0 Å². The van der Waals surface area contributed by atoms with E-state index in [-0.39, 0.29) is 17.0 Å². The Kier molecular flexibility index (Phi) is 8.89. The second-order valence-corrected chi connectivity index (χ2v) is 17.0. The molecule has 1 unspecified atom stereocenters. The molecule has 0 fully saturated rings. The molecular formula is C31H40N2O4SSi. The number of hydrogen-bond donors (Lipinski definition) is 1. The highest BCUT2D eigenvalue weighted by molar-refractivity contribution is 7.08. The molecule has 0 saturated carbocycles. The van der Waals surface area contributed by atoms with Crippen LogP contribution in [0.2, 0.25) is 18.1 Å². The van der Waals surface area contributed by atoms with Gasteiger partial charge in [0, 0.05) is 18.3 Å². The number of anilines is 1. The van der Waals surface area contributed by atoms with E-state index in [0.717, 1.165) is 12.0 Å². The van der Waals surface area contributed by atoms with Crippen LogP contribution in [0.5, 0.6) is 11.5 Å². The van der Waals surface area contributed by atoms with Crippen molar-refractivity contribution in [3.63, 3.8) is 0 Å². The van der Waals surface area contributed by atoms with Gasteiger partial charge in [0.05, 0.1) is 25.3 Å². The molecule has 6 nitrogen and oxygen atoms in total. The Balaban J connectivity index is 1.60. The average Bonchev–Trinajstić information content (AvgIpc) is 3.45. The fraction of sp³-hybridized carbons (Fsp3) is 0.387. The Labute approximate surface area is 237 Å². The molecule has 1 aliphatic heterocycles. The minimum Gasteiger partial charge on any atom is -0.493 e. The van der Waals surface area contributed by atoms with Crippen molar-refractivity contribution < 1.29 is 18.7 Å². The maximum Gasteiger partial charge on any atom is 0.256 e. The lowest BCUT2D eigenvalue weighted by molar-refractivity contribution is 0.0655. The van der Waals surface area contributed by atoms with Crippen molar-refractivity contribution in [1.29, 1.82) is 0 Å². The zero-order valence-electron chi connectivity index (χ0n) is 23.8. The van der Waals surface area contributed by atoms with Gasteiger partial charge >= 0.3 is 0 Å². The number of hydrogen-bond acceptors (Lipinski definition) is 6. The summed E-state index contributed by atoms with van der Waals surface area (Å²) in [7, 11) is -0.446. The summed E-state index contributed by atoms with van der Waals surface area (Å²) >= 11 is 1.68. The largest absolute Gasteiger partial charge is 0.493 e. The van der Waals surface area contributed by atoms with Crippen LogP contribution < -0.4 is 15.2 Å². The summed E-state index contributed by atoms with van der Waals surface area (Å²) in [6.07, 6.45) is 2.97. The Morgan fingerprint density at radius 1 is 1.13 bits per heavy atom. The van der Waals surface area contributed by atoms with E-state index in [9.17, 15) is 4.79 Å². The topological polar surface area (TPSA) is 74.0 Å². The normalized spacial score (nSPS) is 16.1. The van der Waals surface area contributed by atoms with Gasteiger partial charge < -0.3 is 24.5 Å². The second kappa shape index (κ2) is 12.0. The number of ether oxygens (including phenoxy) is 2. The quantitative estimate of drug-likeness (QED) is 0.219. The van der Waals surface area contributed by atoms with E-state index in [1.807, 2.05) is 35.2 Å². The first-order valence-electron chi connectivity index (χ1n) is 13.3. The minimum atomic E-state index is -2.02. The van der Waals surface area contributed by atoms with Gasteiger partial charge in [0.1, 0.15) is 6.61 Å². The SMILES string of the molecule is COc1cc(C(=O)N2CCC(c3ccsc3)=CC2CO[Si](C)(C)C(C)(C)C)c(N)cc1OCc1ccccc1. The van der Waals surface area contributed by atoms with Crippen molar-refractivity contribution in [2.45, 2.75) is 58.0 Å². The third kappa shape index (κ3) is 6.75. The second-order valence-electron chi connectivity index (χ2n) is 11.5. The number of amides is 1. The van der Waals surface area contributed by atoms with Crippen molar-refractivity contribution in [3.8, 4) is 11.5 Å². The van der Waals surface area contributed by atoms with Gasteiger partial charge in [-0.2, -0.15) is 11.3 Å². The predicted molar refractivity (Wildman–Crippen MR) is 163 cm³/mol. The maximum atomic E-state index is 14.0. The van der Waals surface area contributed by atoms with Crippen LogP contribution >= 0.6 is 11.3 Å². The molecule has 1 atom stereocenters. The van der Waals surface area contributed by atoms with Gasteiger partial charge in [0.15, 0.2) is 19.8 Å². The molecule has 4 rings (SSSR count). The van der Waals surface area contributed by atoms with Crippen LogP contribution in [0, 0.1) is 0 Å². The summed E-state index contributed by atoms with van der Waals surface area (Å²) in [5, 5.41) is 4.32. The van der Waals surface area contributed by atoms with Crippen molar-refractivity contribution in [3.05, 3.63) is 82.1 Å². The fourth-order valence-electron chi connectivity index (χ4n) is 4.32. The number of nitrogens with zero attached hydrogens (tertiary/aromatic N) is 1. The summed E-state index contributed by atoms with van der Waals surface area (Å²) in [6.45, 7) is 12.6. The Morgan fingerprint density at radius 3 is 2.51 bits per heavy atom. The molecule has 0 spiro atoms. The molecule has 3 aromatic rings. The van der Waals surface area contributed by atoms with Crippen LogP contribution in [0.25, 0.3) is 5.57 Å². The Hall–Kier alpha value is -3.07. The third-order valence-corrected chi connectivity index (χ3v) is 13.0. The zero-order chi connectivity index (χ0) is 28.2. The fourth-order valence-corrected chi connectivity index (χ4v) is 6.02. The molecule has 2 aromatic carbocycles. The van der Waals surface area contributed by atoms with E-state index in [4.69, 9.17) is 19.6 Å². The highest BCUT2D eigenvalue weighted by Gasteiger charge is 2.39. The summed E-state index contributed by atoms with van der Waals surface area (Å²) in [6, 6.07) is 15.2. The van der Waals surface area contributed by atoms with Gasteiger partial charge in [-0.3, -0.25) is 4.79 Å². The van der Waals surface area contributed by atoms with Gasteiger partial charge in [-0.05, 0) is 64.1 Å². The summed E-state index contributed by atoms with van der Waals surface area (Å²) in [5.74, 6) is 0.848. The van der Waals surface area contributed by atoms with Gasteiger partial charge in [0.25, 0.3) is 5.91 Å². The smallest absolute Gasteiger partial charge is 0.256 e. The van der Waals surface area contributed by atoms with E-state index in [1.54, 1.807) is 30.6 Å². The lowest BCUT2D eigenvalue weighted by Gasteiger charge is -2.40. The number of nitrogens with two attached hydrogens (primary N) is 1. The van der Waals surface area contributed by atoms with Crippen LogP contribution in [-0.2, 0) is 11.0 Å². The van der Waals surface area contributed by atoms with Gasteiger partial charge in [-0.25, -0.2) is 0 Å². The average molecular weight is 565 g/mol. The molecule has 2 N–H and O–H groups in total. The first-order chi connectivity index (χ1) is 18.5. The molecule has 1 aromatic heterocycles. The number of thiophene rings is 1. The van der Waals surface area contributed by atoms with Crippen LogP contribution in [0.1, 0.15) is 48.7 Å². The highest BCUT2D eigenvalue weighted by Crippen LogP contribution is 2.38. The van der Waals surface area contributed by atoms with Gasteiger partial charge in [-0.1, -0.05) is 57.2 Å². The monoisotopic (exact) mass is 564 g/mol. The number of carbonyl (C=O) groups is 1. The number of nitrogen functional groups attached to an aromatic ring is 1. The van der Waals surface area contributed by atoms with Gasteiger partial charge in [0.2, 0.25) is 0 Å². The standard InChI is InChI=1S/C31H40N2O4SSi/c1-31(2,3)39(5,6)37-20-25-16-23(24-13-15-38-21-24)12-14-33(25)30(34)26-17-28(35-4)29(18-27(26)32)36-19-22-10-8-7-9-11-22/h7-11,13,15-18,21,25H,12,14,19-20,32H2,1-6H3. The summed E-state index contributed by atoms with van der Waals surface area (Å²) in [4.78, 5) is 15.9. The molecule has 0 radical (unpaired) electrons. The summed E-state index contributed by atoms with van der Waals surface area (Å²) in [5.41, 5.74) is 10.7. The number of benzene rings is 2. The predicted octanol–water partition coefficient (Wildman–Crippen LogP) is 7.24. The molecule has 0 aliphatic carbocycles. The molecule has 1 amide bonds. The molecule has 2 heterocycles. The minimum absolute atomic E-state index is 0.0732. The molecular weight excluding hydrogens is 525 g/mol. The number of rotatable bonds is 9. The van der Waals surface area contributed by atoms with Crippen LogP contribution in [0.4, 0.5) is 5.69 Å². The van der Waals surface area contributed by atoms with E-state index >= 15 is 0 Å². The maximum absolute atomic E-state index is 14.0. The highest BCUT2D eigenvalue weighted by atomic mass is 32.1. The van der Waals surface area contributed by atoms with Crippen LogP contribution in [0.15, 0.2) is 65.4 Å². The lowest BCUT2D eigenvalue weighted by Crippen LogP contribution is -2.49. The van der Waals surface area contributed by atoms with Crippen LogP contribution in [-0.4, -0.2) is 45.4 Å². The van der Waals surface area contributed by atoms with E-state index in [1.165, 1.54) is 11.1 Å². The Morgan fingerprint density at radius 2 is 1.87 bits per heavy atom. The van der Waals surface area contributed by atoms with E-state index in [2.05, 4.69) is 56.8 Å². The number of methoxy groups -OCH3 is 1. The third-order valence-electron chi connectivity index (χ3n) is 7.79. The molecule has 8 heteroatoms. The Bertz CT molecular complexity index is 1300. The molecule has 0 bridgehead atoms. The molecule has 39 heavy (non-hydrogen) atoms. The van der Waals surface area contributed by atoms with E-state index < -0.39 is 8.32 Å². The molecule has 1 aliphatic rings. The first kappa shape index (κ1) is 28.9. The van der Waals surface area contributed by atoms with E-state index in [0.29, 0.717) is 42.5 Å². The zero-order valence-corrected chi connectivity index (χ0v) is 25.6. The van der Waals surface area contributed by atoms with Gasteiger partial charge in [-0.15, -0.1) is 0 Å². The molecule has 0 saturated heterocycles. The van der Waals surface area contributed by atoms with Crippen molar-refractivity contribution in [2.75, 3.05) is 26.0 Å². The van der Waals surface area contributed by atoms with Crippen molar-refractivity contribution >= 4 is 36.8 Å². The molecule has 208 valence electrons.